The molecule has 0 fully saturated rings. The number of aryl methyl sites for hydroxylation is 1. The first-order valence-corrected chi connectivity index (χ1v) is 6.10. The van der Waals surface area contributed by atoms with E-state index in [-0.39, 0.29) is 11.6 Å². The highest BCUT2D eigenvalue weighted by atomic mass is 16.1. The van der Waals surface area contributed by atoms with Crippen LogP contribution in [0.1, 0.15) is 43.0 Å². The molecule has 3 rings (SSSR count). The van der Waals surface area contributed by atoms with Gasteiger partial charge in [0.2, 0.25) is 0 Å². The van der Waals surface area contributed by atoms with Crippen molar-refractivity contribution in [3.8, 4) is 0 Å². The maximum Gasteiger partial charge on any atom is 0.194 e. The van der Waals surface area contributed by atoms with Crippen molar-refractivity contribution in [1.82, 2.24) is 0 Å². The molecule has 3 nitrogen and oxygen atoms in total. The second-order valence-corrected chi connectivity index (χ2v) is 4.86. The van der Waals surface area contributed by atoms with Crippen molar-refractivity contribution in [3.63, 3.8) is 0 Å². The highest BCUT2D eigenvalue weighted by Crippen LogP contribution is 2.33. The number of fused-ring (bicyclic) bond motifs is 2. The van der Waals surface area contributed by atoms with Gasteiger partial charge in [0.25, 0.3) is 0 Å². The Morgan fingerprint density at radius 1 is 0.895 bits per heavy atom. The Balaban J connectivity index is 2.40. The maximum absolute atomic E-state index is 12.5. The minimum Gasteiger partial charge on any atom is -0.398 e. The van der Waals surface area contributed by atoms with Crippen molar-refractivity contribution in [1.29, 1.82) is 0 Å². The molecule has 94 valence electrons. The van der Waals surface area contributed by atoms with E-state index in [0.717, 1.165) is 5.56 Å². The van der Waals surface area contributed by atoms with Crippen LogP contribution in [0.25, 0.3) is 0 Å². The van der Waals surface area contributed by atoms with Crippen molar-refractivity contribution >= 4 is 17.3 Å². The summed E-state index contributed by atoms with van der Waals surface area (Å²) in [6.07, 6.45) is 0. The molecule has 2 aromatic rings. The molecule has 0 bridgehead atoms. The quantitative estimate of drug-likeness (QED) is 0.625. The summed E-state index contributed by atoms with van der Waals surface area (Å²) in [6.45, 7) is 3.64. The normalized spacial score (nSPS) is 13.2. The number of nitrogens with two attached hydrogens (primary N) is 1. The predicted octanol–water partition coefficient (Wildman–Crippen LogP) is 2.66. The summed E-state index contributed by atoms with van der Waals surface area (Å²) >= 11 is 0. The van der Waals surface area contributed by atoms with Gasteiger partial charge in [-0.1, -0.05) is 24.3 Å². The van der Waals surface area contributed by atoms with Crippen LogP contribution < -0.4 is 5.73 Å². The van der Waals surface area contributed by atoms with Gasteiger partial charge in [-0.05, 0) is 31.0 Å². The summed E-state index contributed by atoms with van der Waals surface area (Å²) < 4.78 is 0. The third kappa shape index (κ3) is 1.45. The Hall–Kier alpha value is -2.42. The van der Waals surface area contributed by atoms with Gasteiger partial charge in [-0.15, -0.1) is 0 Å². The van der Waals surface area contributed by atoms with E-state index in [4.69, 9.17) is 5.73 Å². The molecule has 0 amide bonds. The zero-order chi connectivity index (χ0) is 13.7. The Kier molecular flexibility index (Phi) is 2.32. The molecule has 19 heavy (non-hydrogen) atoms. The number of hydrogen-bond donors (Lipinski definition) is 1. The van der Waals surface area contributed by atoms with E-state index in [1.54, 1.807) is 37.3 Å². The van der Waals surface area contributed by atoms with Crippen LogP contribution in [0.2, 0.25) is 0 Å². The zero-order valence-corrected chi connectivity index (χ0v) is 10.8. The van der Waals surface area contributed by atoms with Gasteiger partial charge in [0.1, 0.15) is 0 Å². The molecular weight excluding hydrogens is 238 g/mol. The van der Waals surface area contributed by atoms with Gasteiger partial charge in [0.15, 0.2) is 11.6 Å². The lowest BCUT2D eigenvalue weighted by Gasteiger charge is -2.21. The Morgan fingerprint density at radius 2 is 1.47 bits per heavy atom. The topological polar surface area (TPSA) is 60.2 Å². The first kappa shape index (κ1) is 11.7. The molecule has 0 heterocycles. The van der Waals surface area contributed by atoms with Gasteiger partial charge >= 0.3 is 0 Å². The number of carbonyl (C=O) groups excluding carboxylic acids is 2. The molecular formula is C16H13NO2. The van der Waals surface area contributed by atoms with Crippen LogP contribution in [0, 0.1) is 13.8 Å². The van der Waals surface area contributed by atoms with E-state index in [1.165, 1.54) is 0 Å². The second kappa shape index (κ2) is 3.79. The monoisotopic (exact) mass is 251 g/mol. The molecule has 0 unspecified atom stereocenters. The zero-order valence-electron chi connectivity index (χ0n) is 10.8. The van der Waals surface area contributed by atoms with Crippen molar-refractivity contribution in [2.45, 2.75) is 13.8 Å². The first-order valence-electron chi connectivity index (χ1n) is 6.10. The first-order chi connectivity index (χ1) is 9.02. The van der Waals surface area contributed by atoms with Crippen LogP contribution in [0.15, 0.2) is 30.3 Å². The number of hydrogen-bond acceptors (Lipinski definition) is 3. The van der Waals surface area contributed by atoms with Gasteiger partial charge in [-0.2, -0.15) is 0 Å². The van der Waals surface area contributed by atoms with Gasteiger partial charge in [0, 0.05) is 27.9 Å². The standard InChI is InChI=1S/C16H13NO2/c1-8-7-12-13(9(2)14(8)17)16(19)11-6-4-3-5-10(11)15(12)18/h3-7H,17H2,1-2H3. The smallest absolute Gasteiger partial charge is 0.194 e. The van der Waals surface area contributed by atoms with Crippen molar-refractivity contribution < 1.29 is 9.59 Å². The summed E-state index contributed by atoms with van der Waals surface area (Å²) in [4.78, 5) is 25.0. The summed E-state index contributed by atoms with van der Waals surface area (Å²) in [5, 5.41) is 0. The van der Waals surface area contributed by atoms with Gasteiger partial charge in [0.05, 0.1) is 0 Å². The molecule has 0 radical (unpaired) electrons. The SMILES string of the molecule is Cc1cc2c(c(C)c1N)C(=O)c1ccccc1C2=O. The van der Waals surface area contributed by atoms with E-state index in [2.05, 4.69) is 0 Å². The number of nitrogen functional groups attached to an aromatic ring is 1. The minimum absolute atomic E-state index is 0.101. The van der Waals surface area contributed by atoms with Crippen molar-refractivity contribution in [2.24, 2.45) is 0 Å². The van der Waals surface area contributed by atoms with Crippen LogP contribution in [0.5, 0.6) is 0 Å². The predicted molar refractivity (Wildman–Crippen MR) is 73.6 cm³/mol. The highest BCUT2D eigenvalue weighted by molar-refractivity contribution is 6.29. The average molecular weight is 251 g/mol. The summed E-state index contributed by atoms with van der Waals surface area (Å²) in [5.74, 6) is -0.217. The number of anilines is 1. The fraction of sp³-hybridized carbons (Fsp3) is 0.125. The van der Waals surface area contributed by atoms with E-state index < -0.39 is 0 Å². The number of rotatable bonds is 0. The molecule has 2 N–H and O–H groups in total. The Bertz CT molecular complexity index is 745. The van der Waals surface area contributed by atoms with Crippen LogP contribution in [-0.2, 0) is 0 Å². The van der Waals surface area contributed by atoms with E-state index in [9.17, 15) is 9.59 Å². The number of ketones is 2. The summed E-state index contributed by atoms with van der Waals surface area (Å²) in [7, 11) is 0. The average Bonchev–Trinajstić information content (AvgIpc) is 2.42. The fourth-order valence-corrected chi connectivity index (χ4v) is 2.63. The lowest BCUT2D eigenvalue weighted by molar-refractivity contribution is 0.0978. The van der Waals surface area contributed by atoms with Crippen molar-refractivity contribution in [3.05, 3.63) is 63.7 Å². The van der Waals surface area contributed by atoms with Crippen LogP contribution >= 0.6 is 0 Å². The number of carbonyl (C=O) groups is 2. The molecule has 0 saturated heterocycles. The Morgan fingerprint density at radius 3 is 2.11 bits per heavy atom. The number of benzene rings is 2. The lowest BCUT2D eigenvalue weighted by Crippen LogP contribution is -2.23. The lowest BCUT2D eigenvalue weighted by atomic mass is 9.80. The van der Waals surface area contributed by atoms with E-state index in [1.807, 2.05) is 6.92 Å². The maximum atomic E-state index is 12.5. The van der Waals surface area contributed by atoms with Gasteiger partial charge < -0.3 is 5.73 Å². The molecule has 3 heteroatoms. The molecule has 1 aliphatic carbocycles. The third-order valence-electron chi connectivity index (χ3n) is 3.72. The van der Waals surface area contributed by atoms with E-state index in [0.29, 0.717) is 33.5 Å². The fourth-order valence-electron chi connectivity index (χ4n) is 2.63. The second-order valence-electron chi connectivity index (χ2n) is 4.86. The molecule has 2 aromatic carbocycles. The van der Waals surface area contributed by atoms with Gasteiger partial charge in [-0.25, -0.2) is 0 Å². The molecule has 0 saturated carbocycles. The highest BCUT2D eigenvalue weighted by Gasteiger charge is 2.31. The molecule has 0 atom stereocenters. The summed E-state index contributed by atoms with van der Waals surface area (Å²) in [5.41, 5.74) is 9.94. The van der Waals surface area contributed by atoms with Crippen LogP contribution in [-0.4, -0.2) is 11.6 Å². The Labute approximate surface area is 111 Å². The van der Waals surface area contributed by atoms with Crippen LogP contribution in [0.3, 0.4) is 0 Å². The minimum atomic E-state index is -0.116. The molecule has 0 spiro atoms. The van der Waals surface area contributed by atoms with Crippen molar-refractivity contribution in [2.75, 3.05) is 5.73 Å². The van der Waals surface area contributed by atoms with Crippen LogP contribution in [0.4, 0.5) is 5.69 Å². The molecule has 1 aliphatic rings. The largest absolute Gasteiger partial charge is 0.398 e. The third-order valence-corrected chi connectivity index (χ3v) is 3.72. The van der Waals surface area contributed by atoms with E-state index >= 15 is 0 Å². The molecule has 0 aromatic heterocycles. The summed E-state index contributed by atoms with van der Waals surface area (Å²) in [6, 6.07) is 8.63. The molecule has 0 aliphatic heterocycles. The van der Waals surface area contributed by atoms with Gasteiger partial charge in [-0.3, -0.25) is 9.59 Å².